The van der Waals surface area contributed by atoms with Crippen molar-refractivity contribution < 1.29 is 13.2 Å². The van der Waals surface area contributed by atoms with Crippen molar-refractivity contribution in [1.29, 1.82) is 0 Å². The molecule has 0 spiro atoms. The van der Waals surface area contributed by atoms with Crippen molar-refractivity contribution in [2.75, 3.05) is 59.4 Å². The molecule has 0 bridgehead atoms. The minimum Gasteiger partial charge on any atom is -0.356 e. The van der Waals surface area contributed by atoms with E-state index in [2.05, 4.69) is 27.4 Å². The van der Waals surface area contributed by atoms with E-state index in [1.165, 1.54) is 30.8 Å². The average molecular weight is 406 g/mol. The molecule has 2 fully saturated rings. The average Bonchev–Trinajstić information content (AvgIpc) is 2.65. The zero-order valence-electron chi connectivity index (χ0n) is 17.5. The molecule has 0 aromatic heterocycles. The topological polar surface area (TPSA) is 42.9 Å². The highest BCUT2D eigenvalue weighted by Crippen LogP contribution is 2.24. The van der Waals surface area contributed by atoms with Crippen LogP contribution in [0.4, 0.5) is 13.2 Å². The molecule has 8 heteroatoms. The van der Waals surface area contributed by atoms with Gasteiger partial charge in [0, 0.05) is 20.1 Å². The second-order valence-electron chi connectivity index (χ2n) is 8.43. The van der Waals surface area contributed by atoms with Gasteiger partial charge < -0.3 is 15.5 Å². The molecule has 0 amide bonds. The molecular weight excluding hydrogens is 367 g/mol. The monoisotopic (exact) mass is 405 g/mol. The Morgan fingerprint density at radius 3 is 2.18 bits per heavy atom. The Morgan fingerprint density at radius 2 is 1.57 bits per heavy atom. The maximum Gasteiger partial charge on any atom is 0.401 e. The lowest BCUT2D eigenvalue weighted by Gasteiger charge is -2.32. The molecular formula is C20H38F3N5. The summed E-state index contributed by atoms with van der Waals surface area (Å²) in [4.78, 5) is 8.33. The number of aliphatic imine (C=N–C) groups is 1. The summed E-state index contributed by atoms with van der Waals surface area (Å²) in [7, 11) is 1.77. The van der Waals surface area contributed by atoms with Crippen LogP contribution in [0.25, 0.3) is 0 Å². The summed E-state index contributed by atoms with van der Waals surface area (Å²) in [6, 6.07) is 0. The number of guanidine groups is 1. The van der Waals surface area contributed by atoms with Gasteiger partial charge in [-0.15, -0.1) is 0 Å². The van der Waals surface area contributed by atoms with Gasteiger partial charge in [-0.05, 0) is 83.1 Å². The highest BCUT2D eigenvalue weighted by molar-refractivity contribution is 5.79. The summed E-state index contributed by atoms with van der Waals surface area (Å²) in [5, 5.41) is 6.71. The van der Waals surface area contributed by atoms with Crippen LogP contribution in [0.1, 0.15) is 45.4 Å². The predicted molar refractivity (Wildman–Crippen MR) is 109 cm³/mol. The van der Waals surface area contributed by atoms with Crippen LogP contribution in [-0.2, 0) is 0 Å². The van der Waals surface area contributed by atoms with E-state index in [0.29, 0.717) is 19.0 Å². The van der Waals surface area contributed by atoms with Crippen LogP contribution in [0.15, 0.2) is 4.99 Å². The number of piperidine rings is 2. The highest BCUT2D eigenvalue weighted by atomic mass is 19.4. The number of hydrogen-bond acceptors (Lipinski definition) is 3. The Labute approximate surface area is 168 Å². The molecule has 2 aliphatic rings. The standard InChI is InChI=1S/C20H38F3N5/c1-17-5-12-27(13-6-17)11-3-9-25-19(24-2)26-10-4-18-7-14-28(15-8-18)16-20(21,22)23/h17-18H,3-16H2,1-2H3,(H2,24,25,26). The highest BCUT2D eigenvalue weighted by Gasteiger charge is 2.32. The van der Waals surface area contributed by atoms with Crippen molar-refractivity contribution >= 4 is 5.96 Å². The van der Waals surface area contributed by atoms with Gasteiger partial charge in [0.1, 0.15) is 0 Å². The number of nitrogens with one attached hydrogen (secondary N) is 2. The molecule has 28 heavy (non-hydrogen) atoms. The van der Waals surface area contributed by atoms with Crippen molar-refractivity contribution in [1.82, 2.24) is 20.4 Å². The number of alkyl halides is 3. The predicted octanol–water partition coefficient (Wildman–Crippen LogP) is 2.94. The first kappa shape index (κ1) is 23.3. The number of nitrogens with zero attached hydrogens (tertiary/aromatic N) is 3. The molecule has 2 aliphatic heterocycles. The minimum absolute atomic E-state index is 0.497. The largest absolute Gasteiger partial charge is 0.401 e. The Hall–Kier alpha value is -1.02. The lowest BCUT2D eigenvalue weighted by atomic mass is 9.93. The van der Waals surface area contributed by atoms with Crippen LogP contribution in [0.3, 0.4) is 0 Å². The van der Waals surface area contributed by atoms with E-state index >= 15 is 0 Å². The van der Waals surface area contributed by atoms with E-state index in [1.807, 2.05) is 0 Å². The molecule has 0 aromatic carbocycles. The number of likely N-dealkylation sites (tertiary alicyclic amines) is 2. The van der Waals surface area contributed by atoms with Crippen LogP contribution in [0.5, 0.6) is 0 Å². The third kappa shape index (κ3) is 9.45. The fourth-order valence-electron chi connectivity index (χ4n) is 4.10. The van der Waals surface area contributed by atoms with Gasteiger partial charge in [0.25, 0.3) is 0 Å². The molecule has 2 heterocycles. The number of rotatable bonds is 8. The van der Waals surface area contributed by atoms with Gasteiger partial charge in [0.05, 0.1) is 6.54 Å². The number of halogens is 3. The lowest BCUT2D eigenvalue weighted by Crippen LogP contribution is -2.42. The Kier molecular flexibility index (Phi) is 9.85. The summed E-state index contributed by atoms with van der Waals surface area (Å²) in [5.41, 5.74) is 0. The smallest absolute Gasteiger partial charge is 0.356 e. The molecule has 0 radical (unpaired) electrons. The quantitative estimate of drug-likeness (QED) is 0.370. The van der Waals surface area contributed by atoms with Gasteiger partial charge in [0.2, 0.25) is 0 Å². The minimum atomic E-state index is -4.08. The second-order valence-corrected chi connectivity index (χ2v) is 8.43. The van der Waals surface area contributed by atoms with Gasteiger partial charge in [0.15, 0.2) is 5.96 Å². The summed E-state index contributed by atoms with van der Waals surface area (Å²) >= 11 is 0. The van der Waals surface area contributed by atoms with Gasteiger partial charge in [-0.1, -0.05) is 6.92 Å². The van der Waals surface area contributed by atoms with Crippen LogP contribution in [0, 0.1) is 11.8 Å². The fraction of sp³-hybridized carbons (Fsp3) is 0.950. The molecule has 2 rings (SSSR count). The molecule has 0 aromatic rings. The van der Waals surface area contributed by atoms with E-state index < -0.39 is 12.7 Å². The summed E-state index contributed by atoms with van der Waals surface area (Å²) in [5.74, 6) is 2.19. The first-order valence-corrected chi connectivity index (χ1v) is 10.8. The molecule has 0 saturated carbocycles. The van der Waals surface area contributed by atoms with Crippen LogP contribution in [0.2, 0.25) is 0 Å². The number of hydrogen-bond donors (Lipinski definition) is 2. The zero-order chi connectivity index (χ0) is 20.4. The molecule has 2 N–H and O–H groups in total. The first-order chi connectivity index (χ1) is 13.4. The normalized spacial score (nSPS) is 21.8. The Balaban J connectivity index is 1.51. The maximum atomic E-state index is 12.4. The zero-order valence-corrected chi connectivity index (χ0v) is 17.5. The third-order valence-corrected chi connectivity index (χ3v) is 6.00. The maximum absolute atomic E-state index is 12.4. The van der Waals surface area contributed by atoms with Gasteiger partial charge in [-0.2, -0.15) is 13.2 Å². The van der Waals surface area contributed by atoms with Crippen molar-refractivity contribution in [3.05, 3.63) is 0 Å². The molecule has 0 atom stereocenters. The fourth-order valence-corrected chi connectivity index (χ4v) is 4.10. The lowest BCUT2D eigenvalue weighted by molar-refractivity contribution is -0.148. The van der Waals surface area contributed by atoms with E-state index in [0.717, 1.165) is 57.2 Å². The van der Waals surface area contributed by atoms with Gasteiger partial charge in [-0.25, -0.2) is 0 Å². The Morgan fingerprint density at radius 1 is 0.964 bits per heavy atom. The Bertz CT molecular complexity index is 453. The SMILES string of the molecule is CN=C(NCCCN1CCC(C)CC1)NCCC1CCN(CC(F)(F)F)CC1. The molecule has 0 aliphatic carbocycles. The molecule has 0 unspecified atom stereocenters. The summed E-state index contributed by atoms with van der Waals surface area (Å²) < 4.78 is 37.3. The van der Waals surface area contributed by atoms with Crippen molar-refractivity contribution in [2.45, 2.75) is 51.6 Å². The van der Waals surface area contributed by atoms with Crippen molar-refractivity contribution in [3.63, 3.8) is 0 Å². The van der Waals surface area contributed by atoms with Gasteiger partial charge >= 0.3 is 6.18 Å². The van der Waals surface area contributed by atoms with Gasteiger partial charge in [-0.3, -0.25) is 9.89 Å². The van der Waals surface area contributed by atoms with Crippen molar-refractivity contribution in [3.8, 4) is 0 Å². The van der Waals surface area contributed by atoms with Crippen molar-refractivity contribution in [2.24, 2.45) is 16.8 Å². The molecule has 164 valence electrons. The molecule has 5 nitrogen and oxygen atoms in total. The third-order valence-electron chi connectivity index (χ3n) is 6.00. The summed E-state index contributed by atoms with van der Waals surface area (Å²) in [6.07, 6.45) is 2.31. The summed E-state index contributed by atoms with van der Waals surface area (Å²) in [6.45, 7) is 7.94. The van der Waals surface area contributed by atoms with Crippen LogP contribution >= 0.6 is 0 Å². The van der Waals surface area contributed by atoms with Crippen LogP contribution < -0.4 is 10.6 Å². The van der Waals surface area contributed by atoms with Crippen LogP contribution in [-0.4, -0.2) is 81.3 Å². The van der Waals surface area contributed by atoms with E-state index in [1.54, 1.807) is 7.05 Å². The first-order valence-electron chi connectivity index (χ1n) is 10.8. The second kappa shape index (κ2) is 11.9. The van der Waals surface area contributed by atoms with E-state index in [9.17, 15) is 13.2 Å². The molecule has 2 saturated heterocycles. The van der Waals surface area contributed by atoms with E-state index in [4.69, 9.17) is 0 Å². The van der Waals surface area contributed by atoms with E-state index in [-0.39, 0.29) is 0 Å².